The second kappa shape index (κ2) is 8.58. The van der Waals surface area contributed by atoms with Gasteiger partial charge >= 0.3 is 11.9 Å². The van der Waals surface area contributed by atoms with Crippen molar-refractivity contribution in [2.75, 3.05) is 19.0 Å². The van der Waals surface area contributed by atoms with Gasteiger partial charge in [-0.25, -0.2) is 4.79 Å². The zero-order valence-corrected chi connectivity index (χ0v) is 17.6. The van der Waals surface area contributed by atoms with Crippen molar-refractivity contribution in [3.05, 3.63) is 63.5 Å². The van der Waals surface area contributed by atoms with Crippen LogP contribution in [0.5, 0.6) is 11.5 Å². The smallest absolute Gasteiger partial charge is 0.394 e. The van der Waals surface area contributed by atoms with Crippen LogP contribution in [0.25, 0.3) is 22.6 Å². The number of carboxylic acids is 1. The van der Waals surface area contributed by atoms with E-state index in [4.69, 9.17) is 19.0 Å². The van der Waals surface area contributed by atoms with Crippen LogP contribution in [0.4, 0.5) is 5.69 Å². The highest BCUT2D eigenvalue weighted by atomic mass is 16.5. The topological polar surface area (TPSA) is 115 Å². The Morgan fingerprint density at radius 1 is 1.22 bits per heavy atom. The summed E-state index contributed by atoms with van der Waals surface area (Å²) in [5.74, 6) is -1.07. The van der Waals surface area contributed by atoms with E-state index in [0.29, 0.717) is 47.7 Å². The molecule has 1 aromatic heterocycles. The summed E-state index contributed by atoms with van der Waals surface area (Å²) in [5.41, 5.74) is 2.58. The SMILES string of the molecule is CCOc1c(C=C2CCc3c2oc2cc(NC(=O)C(=O)O)ccc2c3=O)cccc1OC. The van der Waals surface area contributed by atoms with Crippen LogP contribution >= 0.6 is 0 Å². The Balaban J connectivity index is 1.81. The van der Waals surface area contributed by atoms with Crippen molar-refractivity contribution in [2.24, 2.45) is 0 Å². The van der Waals surface area contributed by atoms with E-state index in [9.17, 15) is 14.4 Å². The molecule has 1 aliphatic carbocycles. The van der Waals surface area contributed by atoms with Gasteiger partial charge in [-0.3, -0.25) is 9.59 Å². The lowest BCUT2D eigenvalue weighted by molar-refractivity contribution is -0.147. The lowest BCUT2D eigenvalue weighted by Crippen LogP contribution is -2.21. The first-order valence-electron chi connectivity index (χ1n) is 10.1. The summed E-state index contributed by atoms with van der Waals surface area (Å²) >= 11 is 0. The highest BCUT2D eigenvalue weighted by Crippen LogP contribution is 2.38. The molecule has 1 amide bonds. The number of anilines is 1. The molecule has 1 heterocycles. The zero-order chi connectivity index (χ0) is 22.8. The molecule has 32 heavy (non-hydrogen) atoms. The molecule has 0 radical (unpaired) electrons. The first-order valence-corrected chi connectivity index (χ1v) is 10.1. The van der Waals surface area contributed by atoms with Gasteiger partial charge in [0, 0.05) is 22.9 Å². The highest BCUT2D eigenvalue weighted by Gasteiger charge is 2.25. The Hall–Kier alpha value is -4.07. The minimum atomic E-state index is -1.60. The maximum atomic E-state index is 13.0. The fourth-order valence-corrected chi connectivity index (χ4v) is 3.78. The van der Waals surface area contributed by atoms with Gasteiger partial charge in [0.1, 0.15) is 11.3 Å². The van der Waals surface area contributed by atoms with Crippen molar-refractivity contribution in [2.45, 2.75) is 19.8 Å². The number of rotatable bonds is 5. The molecule has 0 atom stereocenters. The molecule has 1 aliphatic rings. The number of carboxylic acid groups (broad SMARTS) is 1. The Labute approximate surface area is 183 Å². The van der Waals surface area contributed by atoms with Gasteiger partial charge < -0.3 is 24.3 Å². The van der Waals surface area contributed by atoms with Gasteiger partial charge in [0.15, 0.2) is 16.9 Å². The molecule has 0 bridgehead atoms. The van der Waals surface area contributed by atoms with E-state index < -0.39 is 11.9 Å². The molecule has 164 valence electrons. The van der Waals surface area contributed by atoms with Gasteiger partial charge in [0.25, 0.3) is 0 Å². The summed E-state index contributed by atoms with van der Waals surface area (Å²) in [4.78, 5) is 35.3. The Kier molecular flexibility index (Phi) is 5.68. The van der Waals surface area contributed by atoms with Gasteiger partial charge in [-0.05, 0) is 49.6 Å². The standard InChI is InChI=1S/C24H21NO7/c1-3-31-22-13(5-4-6-18(22)30-2)11-14-7-9-17-20(26)16-10-8-15(25-23(27)24(28)29)12-19(16)32-21(14)17/h4-6,8,10-12H,3,7,9H2,1-2H3,(H,25,27)(H,28,29). The maximum Gasteiger partial charge on any atom is 0.394 e. The quantitative estimate of drug-likeness (QED) is 0.587. The van der Waals surface area contributed by atoms with E-state index >= 15 is 0 Å². The maximum absolute atomic E-state index is 13.0. The predicted molar refractivity (Wildman–Crippen MR) is 119 cm³/mol. The number of methoxy groups -OCH3 is 1. The molecule has 2 N–H and O–H groups in total. The van der Waals surface area contributed by atoms with Crippen molar-refractivity contribution in [3.8, 4) is 11.5 Å². The number of aliphatic carboxylic acids is 1. The molecular weight excluding hydrogens is 414 g/mol. The normalized spacial score (nSPS) is 13.8. The van der Waals surface area contributed by atoms with Crippen LogP contribution in [0.3, 0.4) is 0 Å². The molecule has 4 rings (SSSR count). The van der Waals surface area contributed by atoms with E-state index in [2.05, 4.69) is 5.32 Å². The molecular formula is C24H21NO7. The van der Waals surface area contributed by atoms with Crippen LogP contribution in [0, 0.1) is 0 Å². The van der Waals surface area contributed by atoms with Crippen LogP contribution in [-0.4, -0.2) is 30.7 Å². The van der Waals surface area contributed by atoms with E-state index in [1.165, 1.54) is 18.2 Å². The monoisotopic (exact) mass is 435 g/mol. The van der Waals surface area contributed by atoms with Crippen molar-refractivity contribution in [1.82, 2.24) is 0 Å². The number of benzene rings is 2. The second-order valence-electron chi connectivity index (χ2n) is 7.19. The van der Waals surface area contributed by atoms with E-state index in [1.807, 2.05) is 31.2 Å². The molecule has 0 aliphatic heterocycles. The summed E-state index contributed by atoms with van der Waals surface area (Å²) < 4.78 is 17.3. The minimum Gasteiger partial charge on any atom is -0.493 e. The molecule has 3 aromatic rings. The summed E-state index contributed by atoms with van der Waals surface area (Å²) in [6, 6.07) is 10.0. The number of allylic oxidation sites excluding steroid dienone is 1. The van der Waals surface area contributed by atoms with Gasteiger partial charge in [-0.1, -0.05) is 12.1 Å². The molecule has 0 saturated carbocycles. The minimum absolute atomic E-state index is 0.142. The molecule has 0 saturated heterocycles. The summed E-state index contributed by atoms with van der Waals surface area (Å²) in [5, 5.41) is 11.4. The number of ether oxygens (including phenoxy) is 2. The second-order valence-corrected chi connectivity index (χ2v) is 7.19. The van der Waals surface area contributed by atoms with Crippen LogP contribution in [-0.2, 0) is 16.0 Å². The third-order valence-corrected chi connectivity index (χ3v) is 5.22. The van der Waals surface area contributed by atoms with Gasteiger partial charge in [0.2, 0.25) is 0 Å². The number of hydrogen-bond acceptors (Lipinski definition) is 6. The summed E-state index contributed by atoms with van der Waals surface area (Å²) in [6.07, 6.45) is 3.09. The van der Waals surface area contributed by atoms with E-state index in [1.54, 1.807) is 7.11 Å². The van der Waals surface area contributed by atoms with Crippen LogP contribution in [0.1, 0.15) is 30.2 Å². The third kappa shape index (κ3) is 3.82. The van der Waals surface area contributed by atoms with Crippen LogP contribution in [0.2, 0.25) is 0 Å². The number of fused-ring (bicyclic) bond motifs is 2. The molecule has 0 fully saturated rings. The molecule has 0 spiro atoms. The zero-order valence-electron chi connectivity index (χ0n) is 17.6. The predicted octanol–water partition coefficient (Wildman–Crippen LogP) is 3.71. The molecule has 0 unspecified atom stereocenters. The number of carbonyl (C=O) groups excluding carboxylic acids is 1. The largest absolute Gasteiger partial charge is 0.493 e. The number of amides is 1. The van der Waals surface area contributed by atoms with Crippen molar-refractivity contribution in [3.63, 3.8) is 0 Å². The Bertz CT molecular complexity index is 1320. The fraction of sp³-hybridized carbons (Fsp3) is 0.208. The number of carbonyl (C=O) groups is 2. The van der Waals surface area contributed by atoms with Crippen LogP contribution < -0.4 is 20.2 Å². The highest BCUT2D eigenvalue weighted by molar-refractivity contribution is 6.36. The lowest BCUT2D eigenvalue weighted by Gasteiger charge is -2.12. The van der Waals surface area contributed by atoms with Gasteiger partial charge in [-0.15, -0.1) is 0 Å². The summed E-state index contributed by atoms with van der Waals surface area (Å²) in [6.45, 7) is 2.36. The van der Waals surface area contributed by atoms with Gasteiger partial charge in [0.05, 0.1) is 19.1 Å². The molecule has 2 aromatic carbocycles. The molecule has 8 heteroatoms. The third-order valence-electron chi connectivity index (χ3n) is 5.22. The Morgan fingerprint density at radius 2 is 2.03 bits per heavy atom. The number of nitrogens with one attached hydrogen (secondary N) is 1. The number of hydrogen-bond donors (Lipinski definition) is 2. The first kappa shape index (κ1) is 21.2. The lowest BCUT2D eigenvalue weighted by atomic mass is 10.1. The van der Waals surface area contributed by atoms with Crippen molar-refractivity contribution < 1.29 is 28.6 Å². The molecule has 8 nitrogen and oxygen atoms in total. The first-order chi connectivity index (χ1) is 15.4. The average molecular weight is 435 g/mol. The van der Waals surface area contributed by atoms with Gasteiger partial charge in [-0.2, -0.15) is 0 Å². The number of para-hydroxylation sites is 1. The van der Waals surface area contributed by atoms with E-state index in [0.717, 1.165) is 11.1 Å². The Morgan fingerprint density at radius 3 is 2.75 bits per heavy atom. The average Bonchev–Trinajstić information content (AvgIpc) is 3.17. The summed E-state index contributed by atoms with van der Waals surface area (Å²) in [7, 11) is 1.57. The van der Waals surface area contributed by atoms with Crippen LogP contribution in [0.15, 0.2) is 45.6 Å². The van der Waals surface area contributed by atoms with Crippen molar-refractivity contribution in [1.29, 1.82) is 0 Å². The van der Waals surface area contributed by atoms with E-state index in [-0.39, 0.29) is 16.7 Å². The fourth-order valence-electron chi connectivity index (χ4n) is 3.78. The van der Waals surface area contributed by atoms with Crippen molar-refractivity contribution >= 4 is 40.2 Å².